The monoisotopic (exact) mass is 615 g/mol. The van der Waals surface area contributed by atoms with Gasteiger partial charge in [0.2, 0.25) is 11.8 Å². The van der Waals surface area contributed by atoms with Crippen molar-refractivity contribution in [3.05, 3.63) is 105 Å². The van der Waals surface area contributed by atoms with Crippen LogP contribution in [0.25, 0.3) is 0 Å². The molecule has 1 fully saturated rings. The van der Waals surface area contributed by atoms with Gasteiger partial charge in [-0.1, -0.05) is 84.2 Å². The van der Waals surface area contributed by atoms with Crippen LogP contribution < -0.4 is 0 Å². The molecule has 1 aliphatic heterocycles. The van der Waals surface area contributed by atoms with Gasteiger partial charge in [-0.15, -0.1) is 23.2 Å². The van der Waals surface area contributed by atoms with E-state index in [1.54, 1.807) is 18.2 Å². The van der Waals surface area contributed by atoms with E-state index in [1.165, 1.54) is 4.90 Å². The maximum atomic E-state index is 13.8. The Hall–Kier alpha value is -2.57. The number of hydrogen-bond donors (Lipinski definition) is 0. The van der Waals surface area contributed by atoms with E-state index in [9.17, 15) is 14.4 Å². The molecule has 0 aromatic heterocycles. The number of carbonyl (C=O) groups excluding carboxylic acids is 3. The summed E-state index contributed by atoms with van der Waals surface area (Å²) in [5.74, 6) is -2.51. The summed E-state index contributed by atoms with van der Waals surface area (Å²) in [5, 5.41) is 0.955. The van der Waals surface area contributed by atoms with E-state index in [0.717, 1.165) is 22.3 Å². The Morgan fingerprint density at radius 2 is 1.30 bits per heavy atom. The molecule has 9 heteroatoms. The average Bonchev–Trinajstić information content (AvgIpc) is 3.21. The van der Waals surface area contributed by atoms with E-state index < -0.39 is 21.6 Å². The minimum absolute atomic E-state index is 0.0690. The van der Waals surface area contributed by atoms with Crippen LogP contribution in [-0.2, 0) is 35.5 Å². The van der Waals surface area contributed by atoms with Crippen molar-refractivity contribution in [3.63, 3.8) is 0 Å². The molecule has 2 amide bonds. The lowest BCUT2D eigenvalue weighted by Crippen LogP contribution is -2.57. The first-order valence-electron chi connectivity index (χ1n) is 13.2. The number of ether oxygens (including phenoxy) is 1. The minimum Gasteiger partial charge on any atom is -0.461 e. The first kappa shape index (κ1) is 27.6. The summed E-state index contributed by atoms with van der Waals surface area (Å²) < 4.78 is 5.33. The van der Waals surface area contributed by atoms with Crippen LogP contribution in [0.5, 0.6) is 0 Å². The number of imide groups is 1. The normalized spacial score (nSPS) is 25.9. The summed E-state index contributed by atoms with van der Waals surface area (Å²) in [5.41, 5.74) is 3.82. The van der Waals surface area contributed by atoms with E-state index in [4.69, 9.17) is 51.1 Å². The molecule has 4 aliphatic rings. The number of carbonyl (C=O) groups is 3. The Balaban J connectivity index is 1.11. The summed E-state index contributed by atoms with van der Waals surface area (Å²) in [7, 11) is 0. The molecule has 5 nitrogen and oxygen atoms in total. The molecule has 2 atom stereocenters. The van der Waals surface area contributed by atoms with Crippen molar-refractivity contribution in [3.8, 4) is 0 Å². The Morgan fingerprint density at radius 3 is 1.80 bits per heavy atom. The SMILES string of the molecule is O=C(CCCCCN1C(=O)[C@@H]2[C@H](C1=O)C1(Cl)c3ccccc3C2(Cl)c2ccccc21)OCc1ccc(Cl)cc1Cl. The van der Waals surface area contributed by atoms with Crippen LogP contribution in [0.4, 0.5) is 0 Å². The molecule has 0 radical (unpaired) electrons. The van der Waals surface area contributed by atoms with Gasteiger partial charge in [0.25, 0.3) is 0 Å². The number of alkyl halides is 2. The number of benzene rings is 3. The summed E-state index contributed by atoms with van der Waals surface area (Å²) in [6.45, 7) is 0.312. The molecule has 3 aromatic rings. The second-order valence-corrected chi connectivity index (χ2v) is 12.5. The van der Waals surface area contributed by atoms with Crippen molar-refractivity contribution in [2.24, 2.45) is 11.8 Å². The van der Waals surface area contributed by atoms with E-state index >= 15 is 0 Å². The zero-order valence-corrected chi connectivity index (χ0v) is 24.4. The second-order valence-electron chi connectivity index (χ2n) is 10.5. The third-order valence-electron chi connectivity index (χ3n) is 8.34. The zero-order valence-electron chi connectivity index (χ0n) is 21.3. The van der Waals surface area contributed by atoms with Gasteiger partial charge in [-0.3, -0.25) is 19.3 Å². The highest BCUT2D eigenvalue weighted by Crippen LogP contribution is 2.69. The molecule has 206 valence electrons. The van der Waals surface area contributed by atoms with Gasteiger partial charge in [0, 0.05) is 28.6 Å². The van der Waals surface area contributed by atoms with Crippen molar-refractivity contribution in [2.75, 3.05) is 6.54 Å². The first-order chi connectivity index (χ1) is 19.2. The van der Waals surface area contributed by atoms with Crippen LogP contribution in [0, 0.1) is 11.8 Å². The van der Waals surface area contributed by atoms with Crippen LogP contribution in [-0.4, -0.2) is 29.2 Å². The number of amides is 2. The maximum Gasteiger partial charge on any atom is 0.306 e. The number of halogens is 4. The molecule has 40 heavy (non-hydrogen) atoms. The first-order valence-corrected chi connectivity index (χ1v) is 14.7. The standard InChI is InChI=1S/C31H25Cl4NO4/c32-19-14-13-18(24(33)16-19)17-40-25(37)12-2-1-7-15-36-28(38)26-27(29(36)39)31(35)21-9-4-3-8-20(21)30(26,34)22-10-5-6-11-23(22)31/h3-6,8-11,13-14,16,26-27H,1-2,7,12,15,17H2/t26-,27+,30?,31?. The summed E-state index contributed by atoms with van der Waals surface area (Å²) >= 11 is 26.9. The van der Waals surface area contributed by atoms with E-state index in [0.29, 0.717) is 34.9 Å². The highest BCUT2D eigenvalue weighted by molar-refractivity contribution is 6.36. The lowest BCUT2D eigenvalue weighted by atomic mass is 9.54. The highest BCUT2D eigenvalue weighted by atomic mass is 35.5. The average molecular weight is 617 g/mol. The minimum atomic E-state index is -1.17. The Kier molecular flexibility index (Phi) is 7.15. The molecule has 0 saturated carbocycles. The second kappa shape index (κ2) is 10.4. The molecule has 3 aliphatic carbocycles. The summed E-state index contributed by atoms with van der Waals surface area (Å²) in [6, 6.07) is 20.2. The van der Waals surface area contributed by atoms with Crippen molar-refractivity contribution in [1.82, 2.24) is 4.90 Å². The van der Waals surface area contributed by atoms with Gasteiger partial charge in [0.05, 0.1) is 11.8 Å². The molecule has 2 bridgehead atoms. The van der Waals surface area contributed by atoms with E-state index in [2.05, 4.69) is 0 Å². The molecular weight excluding hydrogens is 592 g/mol. The Labute approximate surface area is 252 Å². The predicted molar refractivity (Wildman–Crippen MR) is 155 cm³/mol. The fourth-order valence-corrected chi connectivity index (χ4v) is 8.09. The predicted octanol–water partition coefficient (Wildman–Crippen LogP) is 7.19. The molecule has 0 N–H and O–H groups in total. The van der Waals surface area contributed by atoms with Gasteiger partial charge in [0.15, 0.2) is 0 Å². The van der Waals surface area contributed by atoms with Crippen LogP contribution in [0.3, 0.4) is 0 Å². The summed E-state index contributed by atoms with van der Waals surface area (Å²) in [4.78, 5) is 38.8. The fraction of sp³-hybridized carbons (Fsp3) is 0.323. The Bertz CT molecular complexity index is 1420. The van der Waals surface area contributed by atoms with Crippen LogP contribution in [0.2, 0.25) is 10.0 Å². The molecule has 1 heterocycles. The summed E-state index contributed by atoms with van der Waals surface area (Å²) in [6.07, 6.45) is 1.98. The van der Waals surface area contributed by atoms with Crippen LogP contribution >= 0.6 is 46.4 Å². The molecule has 3 aromatic carbocycles. The topological polar surface area (TPSA) is 63.7 Å². The lowest BCUT2D eigenvalue weighted by Gasteiger charge is -2.54. The van der Waals surface area contributed by atoms with Gasteiger partial charge in [-0.05, 0) is 47.2 Å². The Morgan fingerprint density at radius 1 is 0.775 bits per heavy atom. The maximum absolute atomic E-state index is 13.8. The number of likely N-dealkylation sites (tertiary alicyclic amines) is 1. The molecule has 1 saturated heterocycles. The van der Waals surface area contributed by atoms with Gasteiger partial charge in [-0.2, -0.15) is 0 Å². The number of nitrogens with zero attached hydrogens (tertiary/aromatic N) is 1. The third-order valence-corrected chi connectivity index (χ3v) is 10.2. The smallest absolute Gasteiger partial charge is 0.306 e. The molecule has 7 rings (SSSR count). The lowest BCUT2D eigenvalue weighted by molar-refractivity contribution is -0.145. The van der Waals surface area contributed by atoms with Gasteiger partial charge in [0.1, 0.15) is 16.4 Å². The number of rotatable bonds is 8. The van der Waals surface area contributed by atoms with Crippen LogP contribution in [0.1, 0.15) is 53.5 Å². The van der Waals surface area contributed by atoms with Crippen molar-refractivity contribution >= 4 is 64.2 Å². The number of unbranched alkanes of at least 4 members (excludes halogenated alkanes) is 2. The largest absolute Gasteiger partial charge is 0.461 e. The molecular formula is C31H25Cl4NO4. The van der Waals surface area contributed by atoms with E-state index in [-0.39, 0.29) is 37.4 Å². The fourth-order valence-electron chi connectivity index (χ4n) is 6.53. The molecule has 0 spiro atoms. The highest BCUT2D eigenvalue weighted by Gasteiger charge is 2.72. The van der Waals surface area contributed by atoms with Crippen molar-refractivity contribution in [2.45, 2.75) is 42.0 Å². The van der Waals surface area contributed by atoms with Gasteiger partial charge >= 0.3 is 5.97 Å². The molecule has 0 unspecified atom stereocenters. The number of esters is 1. The van der Waals surface area contributed by atoms with Crippen LogP contribution in [0.15, 0.2) is 66.7 Å². The van der Waals surface area contributed by atoms with Gasteiger partial charge < -0.3 is 4.74 Å². The zero-order chi connectivity index (χ0) is 28.2. The van der Waals surface area contributed by atoms with Crippen molar-refractivity contribution in [1.29, 1.82) is 0 Å². The van der Waals surface area contributed by atoms with E-state index in [1.807, 2.05) is 48.5 Å². The van der Waals surface area contributed by atoms with Gasteiger partial charge in [-0.25, -0.2) is 0 Å². The third kappa shape index (κ3) is 4.08. The quantitative estimate of drug-likeness (QED) is 0.116. The number of hydrogen-bond acceptors (Lipinski definition) is 4. The van der Waals surface area contributed by atoms with Crippen molar-refractivity contribution < 1.29 is 19.1 Å².